The molecule has 0 aliphatic rings. The number of hydrogen-bond acceptors (Lipinski definition) is 6. The van der Waals surface area contributed by atoms with Crippen LogP contribution >= 0.6 is 11.3 Å². The summed E-state index contributed by atoms with van der Waals surface area (Å²) >= 11 is 1.38. The first-order valence-electron chi connectivity index (χ1n) is 9.88. The van der Waals surface area contributed by atoms with Crippen molar-refractivity contribution in [1.29, 1.82) is 0 Å². The fourth-order valence-corrected chi connectivity index (χ4v) is 5.59. The van der Waals surface area contributed by atoms with Gasteiger partial charge in [-0.25, -0.2) is 8.42 Å². The molecule has 0 aliphatic heterocycles. The molecule has 1 N–H and O–H groups in total. The number of carbonyl (C=O) groups is 1. The van der Waals surface area contributed by atoms with E-state index in [-0.39, 0.29) is 17.3 Å². The molecule has 31 heavy (non-hydrogen) atoms. The Kier molecular flexibility index (Phi) is 7.53. The lowest BCUT2D eigenvalue weighted by molar-refractivity contribution is 0.0952. The summed E-state index contributed by atoms with van der Waals surface area (Å²) in [6.45, 7) is 3.19. The average Bonchev–Trinajstić information content (AvgIpc) is 3.20. The van der Waals surface area contributed by atoms with Gasteiger partial charge in [0.25, 0.3) is 15.9 Å². The van der Waals surface area contributed by atoms with Crippen LogP contribution < -0.4 is 14.4 Å². The van der Waals surface area contributed by atoms with Crippen LogP contribution in [0.25, 0.3) is 10.1 Å². The van der Waals surface area contributed by atoms with Crippen LogP contribution in [0.15, 0.2) is 53.4 Å². The Morgan fingerprint density at radius 1 is 1.10 bits per heavy atom. The van der Waals surface area contributed by atoms with Gasteiger partial charge in [-0.1, -0.05) is 0 Å². The van der Waals surface area contributed by atoms with E-state index >= 15 is 0 Å². The largest absolute Gasteiger partial charge is 0.497 e. The van der Waals surface area contributed by atoms with Crippen molar-refractivity contribution in [3.05, 3.63) is 53.4 Å². The summed E-state index contributed by atoms with van der Waals surface area (Å²) in [6.07, 6.45) is 0.742. The van der Waals surface area contributed by atoms with Gasteiger partial charge < -0.3 is 14.8 Å². The number of methoxy groups -OCH3 is 2. The van der Waals surface area contributed by atoms with Crippen molar-refractivity contribution in [2.24, 2.45) is 0 Å². The highest BCUT2D eigenvalue weighted by Gasteiger charge is 2.24. The SMILES string of the molecule is CCN(c1ccc2sc(C(=O)NCCCOC)cc2c1)S(=O)(=O)c1ccc(OC)cc1. The van der Waals surface area contributed by atoms with Crippen LogP contribution in [-0.4, -0.2) is 48.2 Å². The molecule has 0 fully saturated rings. The number of amides is 1. The standard InChI is InChI=1S/C22H26N2O5S2/c1-4-24(31(26,27)19-9-7-18(29-3)8-10-19)17-6-11-20-16(14-17)15-21(30-20)22(25)23-12-5-13-28-2/h6-11,14-15H,4-5,12-13H2,1-3H3,(H,23,25). The third-order valence-electron chi connectivity index (χ3n) is 4.76. The van der Waals surface area contributed by atoms with E-state index < -0.39 is 10.0 Å². The van der Waals surface area contributed by atoms with Gasteiger partial charge in [-0.2, -0.15) is 0 Å². The van der Waals surface area contributed by atoms with E-state index in [0.717, 1.165) is 16.5 Å². The normalized spacial score (nSPS) is 11.5. The lowest BCUT2D eigenvalue weighted by atomic mass is 10.2. The minimum Gasteiger partial charge on any atom is -0.497 e. The molecule has 3 aromatic rings. The van der Waals surface area contributed by atoms with E-state index in [2.05, 4.69) is 5.32 Å². The summed E-state index contributed by atoms with van der Waals surface area (Å²) in [4.78, 5) is 13.2. The van der Waals surface area contributed by atoms with E-state index in [0.29, 0.717) is 29.5 Å². The van der Waals surface area contributed by atoms with Gasteiger partial charge in [-0.15, -0.1) is 11.3 Å². The maximum atomic E-state index is 13.2. The monoisotopic (exact) mass is 462 g/mol. The Labute approximate surface area is 186 Å². The molecule has 0 atom stereocenters. The summed E-state index contributed by atoms with van der Waals surface area (Å²) in [6, 6.07) is 13.5. The molecule has 0 saturated heterocycles. The molecule has 1 heterocycles. The quantitative estimate of drug-likeness (QED) is 0.462. The number of anilines is 1. The first-order chi connectivity index (χ1) is 14.9. The third-order valence-corrected chi connectivity index (χ3v) is 7.79. The number of rotatable bonds is 10. The Balaban J connectivity index is 1.85. The lowest BCUT2D eigenvalue weighted by Gasteiger charge is -2.23. The van der Waals surface area contributed by atoms with E-state index in [1.165, 1.54) is 34.9 Å². The highest BCUT2D eigenvalue weighted by Crippen LogP contribution is 2.32. The molecule has 3 rings (SSSR count). The average molecular weight is 463 g/mol. The van der Waals surface area contributed by atoms with E-state index in [1.807, 2.05) is 6.07 Å². The molecular weight excluding hydrogens is 436 g/mol. The second-order valence-electron chi connectivity index (χ2n) is 6.78. The zero-order chi connectivity index (χ0) is 22.4. The molecule has 0 spiro atoms. The van der Waals surface area contributed by atoms with Crippen LogP contribution in [0.2, 0.25) is 0 Å². The highest BCUT2D eigenvalue weighted by molar-refractivity contribution is 7.92. The predicted molar refractivity (Wildman–Crippen MR) is 124 cm³/mol. The van der Waals surface area contributed by atoms with Gasteiger partial charge in [0.05, 0.1) is 22.6 Å². The van der Waals surface area contributed by atoms with Gasteiger partial charge in [-0.05, 0) is 67.3 Å². The molecule has 9 heteroatoms. The fourth-order valence-electron chi connectivity index (χ4n) is 3.17. The van der Waals surface area contributed by atoms with Crippen LogP contribution in [0, 0.1) is 0 Å². The number of hydrogen-bond donors (Lipinski definition) is 1. The number of nitrogens with zero attached hydrogens (tertiary/aromatic N) is 1. The van der Waals surface area contributed by atoms with E-state index in [9.17, 15) is 13.2 Å². The number of thiophene rings is 1. The summed E-state index contributed by atoms with van der Waals surface area (Å²) in [5, 5.41) is 3.70. The van der Waals surface area contributed by atoms with Crippen LogP contribution in [0.1, 0.15) is 23.0 Å². The first-order valence-corrected chi connectivity index (χ1v) is 12.1. The molecule has 1 amide bonds. The second-order valence-corrected chi connectivity index (χ2v) is 9.73. The van der Waals surface area contributed by atoms with Crippen molar-refractivity contribution in [3.8, 4) is 5.75 Å². The molecule has 2 aromatic carbocycles. The number of nitrogens with one attached hydrogen (secondary N) is 1. The molecule has 0 aliphatic carbocycles. The van der Waals surface area contributed by atoms with E-state index in [1.54, 1.807) is 44.4 Å². The fraction of sp³-hybridized carbons (Fsp3) is 0.318. The van der Waals surface area contributed by atoms with Crippen LogP contribution in [0.5, 0.6) is 5.75 Å². The van der Waals surface area contributed by atoms with Crippen molar-refractivity contribution in [3.63, 3.8) is 0 Å². The van der Waals surface area contributed by atoms with Gasteiger partial charge >= 0.3 is 0 Å². The highest BCUT2D eigenvalue weighted by atomic mass is 32.2. The topological polar surface area (TPSA) is 84.9 Å². The maximum Gasteiger partial charge on any atom is 0.264 e. The van der Waals surface area contributed by atoms with Gasteiger partial charge in [-0.3, -0.25) is 9.10 Å². The van der Waals surface area contributed by atoms with Crippen LogP contribution in [-0.2, 0) is 14.8 Å². The van der Waals surface area contributed by atoms with Crippen molar-refractivity contribution in [1.82, 2.24) is 5.32 Å². The van der Waals surface area contributed by atoms with Gasteiger partial charge in [0.2, 0.25) is 0 Å². The van der Waals surface area contributed by atoms with Crippen molar-refractivity contribution < 1.29 is 22.7 Å². The Morgan fingerprint density at radius 2 is 1.84 bits per heavy atom. The lowest BCUT2D eigenvalue weighted by Crippen LogP contribution is -2.30. The molecule has 1 aromatic heterocycles. The van der Waals surface area contributed by atoms with Gasteiger partial charge in [0.15, 0.2) is 0 Å². The molecule has 0 unspecified atom stereocenters. The van der Waals surface area contributed by atoms with Gasteiger partial charge in [0, 0.05) is 31.5 Å². The molecule has 7 nitrogen and oxygen atoms in total. The Bertz CT molecular complexity index is 1140. The second kappa shape index (κ2) is 10.1. The third kappa shape index (κ3) is 5.17. The zero-order valence-electron chi connectivity index (χ0n) is 17.8. The minimum atomic E-state index is -3.73. The number of fused-ring (bicyclic) bond motifs is 1. The Morgan fingerprint density at radius 3 is 2.48 bits per heavy atom. The molecule has 166 valence electrons. The molecule has 0 radical (unpaired) electrons. The molecule has 0 saturated carbocycles. The summed E-state index contributed by atoms with van der Waals surface area (Å²) in [5.74, 6) is 0.451. The Hall–Kier alpha value is -2.62. The van der Waals surface area contributed by atoms with Gasteiger partial charge in [0.1, 0.15) is 5.75 Å². The maximum absolute atomic E-state index is 13.2. The number of sulfonamides is 1. The molecule has 0 bridgehead atoms. The predicted octanol–water partition coefficient (Wildman–Crippen LogP) is 3.89. The van der Waals surface area contributed by atoms with Crippen molar-refractivity contribution in [2.45, 2.75) is 18.2 Å². The van der Waals surface area contributed by atoms with E-state index in [4.69, 9.17) is 9.47 Å². The number of benzene rings is 2. The number of carbonyl (C=O) groups excluding carboxylic acids is 1. The summed E-state index contributed by atoms with van der Waals surface area (Å²) < 4.78 is 38.8. The van der Waals surface area contributed by atoms with Crippen molar-refractivity contribution >= 4 is 43.0 Å². The zero-order valence-corrected chi connectivity index (χ0v) is 19.4. The minimum absolute atomic E-state index is 0.142. The van der Waals surface area contributed by atoms with Crippen LogP contribution in [0.4, 0.5) is 5.69 Å². The van der Waals surface area contributed by atoms with Crippen LogP contribution in [0.3, 0.4) is 0 Å². The smallest absolute Gasteiger partial charge is 0.264 e. The first kappa shape index (κ1) is 23.1. The summed E-state index contributed by atoms with van der Waals surface area (Å²) in [7, 11) is -0.576. The van der Waals surface area contributed by atoms with Crippen molar-refractivity contribution in [2.75, 3.05) is 38.2 Å². The number of ether oxygens (including phenoxy) is 2. The molecular formula is C22H26N2O5S2. The summed E-state index contributed by atoms with van der Waals surface area (Å²) in [5.41, 5.74) is 0.552.